The Bertz CT molecular complexity index is 3940. The van der Waals surface area contributed by atoms with Gasteiger partial charge in [0, 0.05) is 70.6 Å². The van der Waals surface area contributed by atoms with E-state index >= 15 is 0 Å². The molecule has 0 aliphatic heterocycles. The first kappa shape index (κ1) is 39.5. The van der Waals surface area contributed by atoms with Gasteiger partial charge in [-0.05, 0) is 76.3 Å². The lowest BCUT2D eigenvalue weighted by atomic mass is 9.91. The van der Waals surface area contributed by atoms with Gasteiger partial charge in [0.1, 0.15) is 0 Å². The summed E-state index contributed by atoms with van der Waals surface area (Å²) in [6.07, 6.45) is 2.00. The first-order chi connectivity index (χ1) is 33.7. The first-order valence-electron chi connectivity index (χ1n) is 22.8. The Morgan fingerprint density at radius 2 is 0.853 bits per heavy atom. The van der Waals surface area contributed by atoms with Gasteiger partial charge in [-0.15, -0.1) is 11.3 Å². The molecule has 6 heteroatoms. The molecule has 13 rings (SSSR count). The maximum atomic E-state index is 5.37. The van der Waals surface area contributed by atoms with Crippen LogP contribution in [0.2, 0.25) is 0 Å². The van der Waals surface area contributed by atoms with E-state index in [0.29, 0.717) is 17.5 Å². The molecule has 0 atom stereocenters. The summed E-state index contributed by atoms with van der Waals surface area (Å²) >= 11 is 1.82. The number of hydrogen-bond donors (Lipinski definition) is 0. The maximum absolute atomic E-state index is 5.37. The Morgan fingerprint density at radius 3 is 1.53 bits per heavy atom. The van der Waals surface area contributed by atoms with Crippen LogP contribution in [0.4, 0.5) is 0 Å². The molecule has 5 nitrogen and oxygen atoms in total. The molecule has 0 aliphatic rings. The van der Waals surface area contributed by atoms with Crippen molar-refractivity contribution in [3.05, 3.63) is 237 Å². The standard InChI is InChI=1S/C62H39N5S/c1-6-18-40(19-7-1)48-32-30-44(34-51(48)41-20-8-2-9-21-41)46-35-54(62-65-60(42-22-10-3-11-23-42)64-61(66-62)43-24-12-4-13-25-43)59(63-39-46)45-31-33-50-53-37-56-52(38-58(53)68-57(50)36-45)49-28-16-17-29-55(49)67(56)47-26-14-5-15-27-47/h1-39H. The topological polar surface area (TPSA) is 56.5 Å². The molecule has 0 fully saturated rings. The minimum absolute atomic E-state index is 0.554. The third-order valence-corrected chi connectivity index (χ3v) is 14.0. The third-order valence-electron chi connectivity index (χ3n) is 12.9. The monoisotopic (exact) mass is 885 g/mol. The van der Waals surface area contributed by atoms with Gasteiger partial charge in [-0.2, -0.15) is 0 Å². The van der Waals surface area contributed by atoms with Crippen molar-refractivity contribution in [2.75, 3.05) is 0 Å². The number of para-hydroxylation sites is 2. The fourth-order valence-corrected chi connectivity index (χ4v) is 10.8. The largest absolute Gasteiger partial charge is 0.309 e. The van der Waals surface area contributed by atoms with E-state index in [1.165, 1.54) is 53.1 Å². The second-order valence-corrected chi connectivity index (χ2v) is 18.1. The van der Waals surface area contributed by atoms with Gasteiger partial charge in [0.05, 0.1) is 16.7 Å². The van der Waals surface area contributed by atoms with E-state index < -0.39 is 0 Å². The Balaban J connectivity index is 1.02. The summed E-state index contributed by atoms with van der Waals surface area (Å²) in [4.78, 5) is 20.9. The summed E-state index contributed by atoms with van der Waals surface area (Å²) in [5.41, 5.74) is 14.6. The number of aromatic nitrogens is 5. The number of hydrogen-bond acceptors (Lipinski definition) is 5. The zero-order chi connectivity index (χ0) is 45.0. The second kappa shape index (κ2) is 16.5. The molecule has 0 aliphatic carbocycles. The van der Waals surface area contributed by atoms with Crippen molar-refractivity contribution in [2.24, 2.45) is 0 Å². The smallest absolute Gasteiger partial charge is 0.166 e. The molecule has 4 aromatic heterocycles. The van der Waals surface area contributed by atoms with Crippen LogP contribution in [0.1, 0.15) is 0 Å². The fraction of sp³-hybridized carbons (Fsp3) is 0. The summed E-state index contributed by atoms with van der Waals surface area (Å²) in [7, 11) is 0. The number of fused-ring (bicyclic) bond motifs is 6. The Labute approximate surface area is 397 Å². The zero-order valence-electron chi connectivity index (χ0n) is 36.7. The van der Waals surface area contributed by atoms with E-state index in [4.69, 9.17) is 19.9 Å². The van der Waals surface area contributed by atoms with Crippen LogP contribution in [0.5, 0.6) is 0 Å². The highest BCUT2D eigenvalue weighted by Crippen LogP contribution is 2.44. The summed E-state index contributed by atoms with van der Waals surface area (Å²) in [6, 6.07) is 81.3. The zero-order valence-corrected chi connectivity index (χ0v) is 37.5. The second-order valence-electron chi connectivity index (χ2n) is 17.0. The van der Waals surface area contributed by atoms with Crippen LogP contribution in [0, 0.1) is 0 Å². The number of nitrogens with zero attached hydrogens (tertiary/aromatic N) is 5. The summed E-state index contributed by atoms with van der Waals surface area (Å²) in [6.45, 7) is 0. The summed E-state index contributed by atoms with van der Waals surface area (Å²) < 4.78 is 4.82. The van der Waals surface area contributed by atoms with Crippen LogP contribution in [0.3, 0.4) is 0 Å². The highest BCUT2D eigenvalue weighted by Gasteiger charge is 2.21. The van der Waals surface area contributed by atoms with Crippen LogP contribution in [-0.2, 0) is 0 Å². The molecule has 0 spiro atoms. The normalized spacial score (nSPS) is 11.5. The Kier molecular flexibility index (Phi) is 9.62. The van der Waals surface area contributed by atoms with Crippen LogP contribution in [0.15, 0.2) is 237 Å². The molecule has 13 aromatic rings. The van der Waals surface area contributed by atoms with Crippen LogP contribution in [0.25, 0.3) is 126 Å². The van der Waals surface area contributed by atoms with E-state index in [-0.39, 0.29) is 0 Å². The summed E-state index contributed by atoms with van der Waals surface area (Å²) in [5, 5.41) is 4.93. The van der Waals surface area contributed by atoms with E-state index in [2.05, 4.69) is 174 Å². The molecule has 68 heavy (non-hydrogen) atoms. The van der Waals surface area contributed by atoms with E-state index in [1.54, 1.807) is 0 Å². The Hall–Kier alpha value is -8.84. The van der Waals surface area contributed by atoms with Crippen LogP contribution in [-0.4, -0.2) is 24.5 Å². The number of rotatable bonds is 8. The van der Waals surface area contributed by atoms with Crippen molar-refractivity contribution in [2.45, 2.75) is 0 Å². The average molecular weight is 886 g/mol. The predicted molar refractivity (Wildman–Crippen MR) is 283 cm³/mol. The fourth-order valence-electron chi connectivity index (χ4n) is 9.64. The molecule has 0 radical (unpaired) electrons. The van der Waals surface area contributed by atoms with Crippen molar-refractivity contribution in [1.82, 2.24) is 24.5 Å². The molecule has 0 amide bonds. The molecule has 9 aromatic carbocycles. The van der Waals surface area contributed by atoms with Gasteiger partial charge in [0.15, 0.2) is 17.5 Å². The molecular weight excluding hydrogens is 847 g/mol. The van der Waals surface area contributed by atoms with Gasteiger partial charge in [-0.3, -0.25) is 4.98 Å². The lowest BCUT2D eigenvalue weighted by Gasteiger charge is -2.15. The van der Waals surface area contributed by atoms with Gasteiger partial charge >= 0.3 is 0 Å². The van der Waals surface area contributed by atoms with E-state index in [9.17, 15) is 0 Å². The molecule has 0 unspecified atom stereocenters. The van der Waals surface area contributed by atoms with Crippen molar-refractivity contribution < 1.29 is 0 Å². The van der Waals surface area contributed by atoms with E-state index in [0.717, 1.165) is 55.9 Å². The molecule has 318 valence electrons. The van der Waals surface area contributed by atoms with Gasteiger partial charge in [0.25, 0.3) is 0 Å². The molecule has 0 saturated carbocycles. The maximum Gasteiger partial charge on any atom is 0.166 e. The SMILES string of the molecule is c1ccc(-c2nc(-c3ccccc3)nc(-c3cc(-c4ccc(-c5ccccc5)c(-c5ccccc5)c4)cnc3-c3ccc4c(c3)sc3cc5c6ccccc6n(-c6ccccc6)c5cc34)n2)cc1. The third kappa shape index (κ3) is 6.94. The van der Waals surface area contributed by atoms with Crippen molar-refractivity contribution in [3.8, 4) is 84.5 Å². The quantitative estimate of drug-likeness (QED) is 0.153. The van der Waals surface area contributed by atoms with Gasteiger partial charge < -0.3 is 4.57 Å². The lowest BCUT2D eigenvalue weighted by Crippen LogP contribution is -2.02. The van der Waals surface area contributed by atoms with Gasteiger partial charge in [-0.1, -0.05) is 182 Å². The lowest BCUT2D eigenvalue weighted by molar-refractivity contribution is 1.07. The Morgan fingerprint density at radius 1 is 0.309 bits per heavy atom. The molecule has 4 heterocycles. The van der Waals surface area contributed by atoms with Gasteiger partial charge in [0.2, 0.25) is 0 Å². The highest BCUT2D eigenvalue weighted by atomic mass is 32.1. The minimum atomic E-state index is 0.554. The van der Waals surface area contributed by atoms with Crippen molar-refractivity contribution >= 4 is 53.3 Å². The highest BCUT2D eigenvalue weighted by molar-refractivity contribution is 7.26. The predicted octanol–water partition coefficient (Wildman–Crippen LogP) is 16.4. The molecule has 0 N–H and O–H groups in total. The minimum Gasteiger partial charge on any atom is -0.309 e. The summed E-state index contributed by atoms with van der Waals surface area (Å²) in [5.74, 6) is 1.76. The van der Waals surface area contributed by atoms with Gasteiger partial charge in [-0.25, -0.2) is 15.0 Å². The van der Waals surface area contributed by atoms with Crippen LogP contribution < -0.4 is 0 Å². The number of pyridine rings is 1. The average Bonchev–Trinajstić information content (AvgIpc) is 3.95. The van der Waals surface area contributed by atoms with Crippen molar-refractivity contribution in [1.29, 1.82) is 0 Å². The number of thiophene rings is 1. The molecule has 0 saturated heterocycles. The number of benzene rings is 9. The molecular formula is C62H39N5S. The van der Waals surface area contributed by atoms with Crippen molar-refractivity contribution in [3.63, 3.8) is 0 Å². The van der Waals surface area contributed by atoms with Crippen LogP contribution >= 0.6 is 11.3 Å². The first-order valence-corrected chi connectivity index (χ1v) is 23.6. The van der Waals surface area contributed by atoms with E-state index in [1.807, 2.05) is 78.2 Å². The molecule has 0 bridgehead atoms.